The zero-order valence-corrected chi connectivity index (χ0v) is 16.5. The highest BCUT2D eigenvalue weighted by atomic mass is 35.5. The van der Waals surface area contributed by atoms with E-state index in [4.69, 9.17) is 11.6 Å². The van der Waals surface area contributed by atoms with E-state index in [0.717, 1.165) is 0 Å². The van der Waals surface area contributed by atoms with Crippen LogP contribution < -0.4 is 0 Å². The number of nitro benzene ring substituents is 1. The average Bonchev–Trinajstić information content (AvgIpc) is 3.07. The van der Waals surface area contributed by atoms with Crippen LogP contribution >= 0.6 is 11.6 Å². The lowest BCUT2D eigenvalue weighted by Gasteiger charge is -2.11. The summed E-state index contributed by atoms with van der Waals surface area (Å²) in [4.78, 5) is 15.0. The van der Waals surface area contributed by atoms with Crippen molar-refractivity contribution in [3.63, 3.8) is 0 Å². The maximum Gasteiger partial charge on any atom is 0.269 e. The summed E-state index contributed by atoms with van der Waals surface area (Å²) in [5.41, 5.74) is 1.68. The Hall–Kier alpha value is -3.23. The molecular formula is C20H14ClN3O4S. The summed E-state index contributed by atoms with van der Waals surface area (Å²) >= 11 is 5.89. The topological polar surface area (TPSA) is 95.1 Å². The number of non-ortho nitro benzene ring substituents is 1. The molecule has 0 bridgehead atoms. The van der Waals surface area contributed by atoms with Gasteiger partial charge in [0, 0.05) is 23.6 Å². The number of aromatic nitrogens is 2. The zero-order chi connectivity index (χ0) is 20.6. The number of benzene rings is 3. The first-order chi connectivity index (χ1) is 13.9. The molecule has 1 heterocycles. The Morgan fingerprint density at radius 1 is 0.966 bits per heavy atom. The summed E-state index contributed by atoms with van der Waals surface area (Å²) in [5, 5.41) is 11.3. The van der Waals surface area contributed by atoms with Crippen LogP contribution in [0, 0.1) is 10.1 Å². The molecule has 0 radical (unpaired) electrons. The Kier molecular flexibility index (Phi) is 4.81. The summed E-state index contributed by atoms with van der Waals surface area (Å²) in [5.74, 6) is 0.315. The average molecular weight is 428 g/mol. The summed E-state index contributed by atoms with van der Waals surface area (Å²) in [7, 11) is -3.92. The Morgan fingerprint density at radius 2 is 1.62 bits per heavy atom. The van der Waals surface area contributed by atoms with Gasteiger partial charge in [0.15, 0.2) is 0 Å². The van der Waals surface area contributed by atoms with Gasteiger partial charge in [-0.3, -0.25) is 10.1 Å². The molecule has 0 fully saturated rings. The van der Waals surface area contributed by atoms with Crippen molar-refractivity contribution in [2.75, 3.05) is 0 Å². The Bertz CT molecular complexity index is 1310. The molecule has 146 valence electrons. The minimum atomic E-state index is -3.92. The first-order valence-electron chi connectivity index (χ1n) is 8.57. The lowest BCUT2D eigenvalue weighted by molar-refractivity contribution is -0.384. The first-order valence-corrected chi connectivity index (χ1v) is 10.4. The molecule has 0 aliphatic heterocycles. The summed E-state index contributed by atoms with van der Waals surface area (Å²) < 4.78 is 27.9. The van der Waals surface area contributed by atoms with E-state index in [0.29, 0.717) is 27.4 Å². The lowest BCUT2D eigenvalue weighted by Crippen LogP contribution is -2.16. The molecule has 1 aromatic heterocycles. The summed E-state index contributed by atoms with van der Waals surface area (Å²) in [6.45, 7) is 0. The fourth-order valence-corrected chi connectivity index (χ4v) is 4.68. The summed E-state index contributed by atoms with van der Waals surface area (Å²) in [6, 6.07) is 18.8. The molecule has 0 amide bonds. The van der Waals surface area contributed by atoms with Gasteiger partial charge in [0.2, 0.25) is 0 Å². The SMILES string of the molecule is O=[N+]([O-])c1ccc(Cc2nc3ccccc3n2S(=O)(=O)c2ccc(Cl)cc2)cc1. The molecule has 0 saturated heterocycles. The number of nitro groups is 1. The monoisotopic (exact) mass is 427 g/mol. The summed E-state index contributed by atoms with van der Waals surface area (Å²) in [6.07, 6.45) is 0.194. The standard InChI is InChI=1S/C20H14ClN3O4S/c21-15-7-11-17(12-8-15)29(27,28)23-19-4-2-1-3-18(19)22-20(23)13-14-5-9-16(10-6-14)24(25)26/h1-12H,13H2. The predicted molar refractivity (Wildman–Crippen MR) is 110 cm³/mol. The smallest absolute Gasteiger partial charge is 0.258 e. The van der Waals surface area contributed by atoms with Gasteiger partial charge in [-0.1, -0.05) is 35.9 Å². The van der Waals surface area contributed by atoms with Gasteiger partial charge in [0.1, 0.15) is 5.82 Å². The molecule has 4 aromatic rings. The molecule has 9 heteroatoms. The van der Waals surface area contributed by atoms with Crippen molar-refractivity contribution in [2.24, 2.45) is 0 Å². The molecule has 7 nitrogen and oxygen atoms in total. The van der Waals surface area contributed by atoms with Gasteiger partial charge in [0.25, 0.3) is 15.7 Å². The molecule has 0 saturated carbocycles. The molecule has 0 aliphatic rings. The van der Waals surface area contributed by atoms with Crippen LogP contribution in [0.3, 0.4) is 0 Å². The first kappa shape index (κ1) is 19.1. The van der Waals surface area contributed by atoms with Gasteiger partial charge in [0.05, 0.1) is 20.9 Å². The minimum Gasteiger partial charge on any atom is -0.258 e. The fourth-order valence-electron chi connectivity index (χ4n) is 3.06. The van der Waals surface area contributed by atoms with Crippen LogP contribution in [0.1, 0.15) is 11.4 Å². The van der Waals surface area contributed by atoms with E-state index >= 15 is 0 Å². The van der Waals surface area contributed by atoms with E-state index in [2.05, 4.69) is 4.98 Å². The van der Waals surface area contributed by atoms with E-state index in [-0.39, 0.29) is 17.0 Å². The Balaban J connectivity index is 1.85. The highest BCUT2D eigenvalue weighted by molar-refractivity contribution is 7.90. The molecule has 29 heavy (non-hydrogen) atoms. The van der Waals surface area contributed by atoms with Crippen LogP contribution in [0.25, 0.3) is 11.0 Å². The van der Waals surface area contributed by atoms with Crippen molar-refractivity contribution >= 4 is 38.3 Å². The third-order valence-corrected chi connectivity index (χ3v) is 6.45. The quantitative estimate of drug-likeness (QED) is 0.347. The molecule has 4 rings (SSSR count). The van der Waals surface area contributed by atoms with Gasteiger partial charge in [-0.25, -0.2) is 17.4 Å². The third-order valence-electron chi connectivity index (χ3n) is 4.45. The molecule has 0 atom stereocenters. The third kappa shape index (κ3) is 3.59. The van der Waals surface area contributed by atoms with E-state index in [1.807, 2.05) is 0 Å². The molecule has 0 spiro atoms. The lowest BCUT2D eigenvalue weighted by atomic mass is 10.1. The van der Waals surface area contributed by atoms with Gasteiger partial charge < -0.3 is 0 Å². The number of para-hydroxylation sites is 2. The number of hydrogen-bond acceptors (Lipinski definition) is 5. The predicted octanol–water partition coefficient (Wildman–Crippen LogP) is 4.43. The number of hydrogen-bond donors (Lipinski definition) is 0. The second-order valence-corrected chi connectivity index (χ2v) is 8.56. The van der Waals surface area contributed by atoms with Crippen molar-refractivity contribution in [3.8, 4) is 0 Å². The molecule has 0 N–H and O–H groups in total. The van der Waals surface area contributed by atoms with Crippen LogP contribution in [-0.2, 0) is 16.4 Å². The molecule has 3 aromatic carbocycles. The van der Waals surface area contributed by atoms with Crippen LogP contribution in [0.15, 0.2) is 77.7 Å². The van der Waals surface area contributed by atoms with Crippen molar-refractivity contribution in [1.29, 1.82) is 0 Å². The van der Waals surface area contributed by atoms with Crippen molar-refractivity contribution in [1.82, 2.24) is 8.96 Å². The maximum absolute atomic E-state index is 13.4. The van der Waals surface area contributed by atoms with E-state index in [1.165, 1.54) is 40.4 Å². The molecule has 0 unspecified atom stereocenters. The number of fused-ring (bicyclic) bond motifs is 1. The number of imidazole rings is 1. The van der Waals surface area contributed by atoms with E-state index in [1.54, 1.807) is 36.4 Å². The molecule has 0 aliphatic carbocycles. The van der Waals surface area contributed by atoms with Gasteiger partial charge in [-0.05, 0) is 42.0 Å². The van der Waals surface area contributed by atoms with Crippen molar-refractivity contribution in [2.45, 2.75) is 11.3 Å². The Labute approximate surface area is 171 Å². The minimum absolute atomic E-state index is 0.0314. The van der Waals surface area contributed by atoms with Crippen LogP contribution in [0.2, 0.25) is 5.02 Å². The van der Waals surface area contributed by atoms with Gasteiger partial charge >= 0.3 is 0 Å². The van der Waals surface area contributed by atoms with E-state index in [9.17, 15) is 18.5 Å². The zero-order valence-electron chi connectivity index (χ0n) is 14.9. The number of nitrogens with zero attached hydrogens (tertiary/aromatic N) is 3. The van der Waals surface area contributed by atoms with E-state index < -0.39 is 14.9 Å². The fraction of sp³-hybridized carbons (Fsp3) is 0.0500. The van der Waals surface area contributed by atoms with Crippen molar-refractivity contribution in [3.05, 3.63) is 99.3 Å². The van der Waals surface area contributed by atoms with Crippen LogP contribution in [-0.4, -0.2) is 22.3 Å². The second-order valence-electron chi connectivity index (χ2n) is 6.34. The molecular weight excluding hydrogens is 414 g/mol. The Morgan fingerprint density at radius 3 is 2.28 bits per heavy atom. The second kappa shape index (κ2) is 7.31. The number of rotatable bonds is 5. The van der Waals surface area contributed by atoms with Crippen LogP contribution in [0.4, 0.5) is 5.69 Å². The van der Waals surface area contributed by atoms with Gasteiger partial charge in [-0.15, -0.1) is 0 Å². The van der Waals surface area contributed by atoms with Crippen LogP contribution in [0.5, 0.6) is 0 Å². The van der Waals surface area contributed by atoms with Crippen molar-refractivity contribution < 1.29 is 13.3 Å². The highest BCUT2D eigenvalue weighted by Crippen LogP contribution is 2.26. The van der Waals surface area contributed by atoms with Gasteiger partial charge in [-0.2, -0.15) is 0 Å². The highest BCUT2D eigenvalue weighted by Gasteiger charge is 2.24. The largest absolute Gasteiger partial charge is 0.269 e. The normalized spacial score (nSPS) is 11.6. The number of halogens is 1. The maximum atomic E-state index is 13.4.